The molecule has 3 aliphatic rings. The van der Waals surface area contributed by atoms with E-state index in [1.165, 1.54) is 38.5 Å². The highest BCUT2D eigenvalue weighted by atomic mass is 16.9. The first-order chi connectivity index (χ1) is 12.3. The fraction of sp³-hybridized carbons (Fsp3) is 1.00. The molecular weight excluding hydrogens is 334 g/mol. The normalized spacial score (nSPS) is 37.5. The number of ether oxygens (including phenoxy) is 5. The average molecular weight is 372 g/mol. The average Bonchev–Trinajstić information content (AvgIpc) is 3.04. The largest absolute Gasteiger partial charge is 0.342 e. The number of nitrogens with one attached hydrogen (secondary N) is 1. The first-order valence-corrected chi connectivity index (χ1v) is 10.4. The van der Waals surface area contributed by atoms with Crippen molar-refractivity contribution in [2.24, 2.45) is 0 Å². The van der Waals surface area contributed by atoms with Crippen molar-refractivity contribution in [3.8, 4) is 0 Å². The zero-order valence-corrected chi connectivity index (χ0v) is 17.1. The third-order valence-electron chi connectivity index (χ3n) is 5.30. The van der Waals surface area contributed by atoms with Gasteiger partial charge in [-0.25, -0.2) is 0 Å². The summed E-state index contributed by atoms with van der Waals surface area (Å²) in [6, 6.07) is 0. The van der Waals surface area contributed by atoms with Crippen LogP contribution in [0.2, 0.25) is 0 Å². The number of hydrogen-bond donors (Lipinski definition) is 1. The first-order valence-electron chi connectivity index (χ1n) is 10.4. The van der Waals surface area contributed by atoms with Crippen LogP contribution in [0.4, 0.5) is 0 Å². The molecule has 0 aliphatic carbocycles. The van der Waals surface area contributed by atoms with Gasteiger partial charge in [0.15, 0.2) is 17.9 Å². The zero-order chi connectivity index (χ0) is 18.8. The smallest absolute Gasteiger partial charge is 0.190 e. The molecule has 1 N–H and O–H groups in total. The van der Waals surface area contributed by atoms with Crippen molar-refractivity contribution in [2.45, 2.75) is 115 Å². The van der Waals surface area contributed by atoms with E-state index >= 15 is 0 Å². The highest BCUT2D eigenvalue weighted by molar-refractivity contribution is 5.00. The molecule has 6 heteroatoms. The van der Waals surface area contributed by atoms with Crippen molar-refractivity contribution in [2.75, 3.05) is 13.1 Å². The molecule has 0 saturated carbocycles. The summed E-state index contributed by atoms with van der Waals surface area (Å²) in [5, 5.41) is 3.53. The monoisotopic (exact) mass is 371 g/mol. The van der Waals surface area contributed by atoms with Gasteiger partial charge in [-0.2, -0.15) is 0 Å². The highest BCUT2D eigenvalue weighted by Gasteiger charge is 2.60. The summed E-state index contributed by atoms with van der Waals surface area (Å²) in [6.07, 6.45) is 6.77. The zero-order valence-electron chi connectivity index (χ0n) is 17.1. The van der Waals surface area contributed by atoms with Gasteiger partial charge in [0.25, 0.3) is 0 Å². The molecule has 0 aromatic carbocycles. The SMILES string of the molecule is CCCCCCCCNC[C@H]1O[C@@H]2OC(C)(C)O[C@@H]2[C@H]2OC(C)(C)O[C@H]21. The van der Waals surface area contributed by atoms with Crippen LogP contribution in [0.15, 0.2) is 0 Å². The predicted molar refractivity (Wildman–Crippen MR) is 98.8 cm³/mol. The third-order valence-corrected chi connectivity index (χ3v) is 5.30. The maximum atomic E-state index is 6.20. The topological polar surface area (TPSA) is 58.2 Å². The first kappa shape index (κ1) is 20.5. The molecule has 26 heavy (non-hydrogen) atoms. The Balaban J connectivity index is 1.48. The second kappa shape index (κ2) is 8.41. The molecule has 3 aliphatic heterocycles. The summed E-state index contributed by atoms with van der Waals surface area (Å²) in [5.74, 6) is -1.28. The summed E-state index contributed by atoms with van der Waals surface area (Å²) in [4.78, 5) is 0. The van der Waals surface area contributed by atoms with Crippen LogP contribution in [0, 0.1) is 0 Å². The summed E-state index contributed by atoms with van der Waals surface area (Å²) in [7, 11) is 0. The van der Waals surface area contributed by atoms with Gasteiger partial charge >= 0.3 is 0 Å². The van der Waals surface area contributed by atoms with Crippen LogP contribution in [0.25, 0.3) is 0 Å². The lowest BCUT2D eigenvalue weighted by Gasteiger charge is -2.37. The third kappa shape index (κ3) is 4.97. The molecule has 6 nitrogen and oxygen atoms in total. The minimum atomic E-state index is -0.656. The van der Waals surface area contributed by atoms with Crippen molar-refractivity contribution >= 4 is 0 Å². The van der Waals surface area contributed by atoms with Crippen LogP contribution >= 0.6 is 0 Å². The van der Waals surface area contributed by atoms with Crippen molar-refractivity contribution in [1.82, 2.24) is 5.32 Å². The number of hydrogen-bond acceptors (Lipinski definition) is 6. The van der Waals surface area contributed by atoms with Gasteiger partial charge in [0.1, 0.15) is 24.4 Å². The molecule has 5 atom stereocenters. The van der Waals surface area contributed by atoms with E-state index in [0.717, 1.165) is 13.1 Å². The van der Waals surface area contributed by atoms with Gasteiger partial charge in [0.2, 0.25) is 0 Å². The Bertz CT molecular complexity index is 455. The van der Waals surface area contributed by atoms with Crippen LogP contribution in [0.5, 0.6) is 0 Å². The van der Waals surface area contributed by atoms with Crippen LogP contribution in [-0.2, 0) is 23.7 Å². The van der Waals surface area contributed by atoms with E-state index in [1.54, 1.807) is 0 Å². The summed E-state index contributed by atoms with van der Waals surface area (Å²) < 4.78 is 30.4. The van der Waals surface area contributed by atoms with Gasteiger partial charge in [-0.05, 0) is 40.7 Å². The Morgan fingerprint density at radius 1 is 0.731 bits per heavy atom. The Labute approximate surface area is 158 Å². The van der Waals surface area contributed by atoms with Gasteiger partial charge in [0, 0.05) is 6.54 Å². The maximum absolute atomic E-state index is 6.20. The molecule has 0 spiro atoms. The summed E-state index contributed by atoms with van der Waals surface area (Å²) >= 11 is 0. The lowest BCUT2D eigenvalue weighted by Crippen LogP contribution is -2.57. The lowest BCUT2D eigenvalue weighted by atomic mass is 9.99. The van der Waals surface area contributed by atoms with Crippen molar-refractivity contribution in [1.29, 1.82) is 0 Å². The number of rotatable bonds is 9. The molecule has 3 saturated heterocycles. The second-order valence-corrected chi connectivity index (χ2v) is 8.68. The van der Waals surface area contributed by atoms with E-state index in [-0.39, 0.29) is 24.4 Å². The molecule has 0 unspecified atom stereocenters. The van der Waals surface area contributed by atoms with Crippen molar-refractivity contribution < 1.29 is 23.7 Å². The van der Waals surface area contributed by atoms with E-state index in [0.29, 0.717) is 0 Å². The summed E-state index contributed by atoms with van der Waals surface area (Å²) in [5.41, 5.74) is 0. The van der Waals surface area contributed by atoms with E-state index < -0.39 is 17.9 Å². The molecular formula is C20H37NO5. The van der Waals surface area contributed by atoms with Gasteiger partial charge < -0.3 is 29.0 Å². The van der Waals surface area contributed by atoms with Crippen LogP contribution in [0.3, 0.4) is 0 Å². The van der Waals surface area contributed by atoms with Crippen molar-refractivity contribution in [3.63, 3.8) is 0 Å². The second-order valence-electron chi connectivity index (χ2n) is 8.68. The lowest BCUT2D eigenvalue weighted by molar-refractivity contribution is -0.232. The highest BCUT2D eigenvalue weighted by Crippen LogP contribution is 2.43. The molecule has 3 rings (SSSR count). The molecule has 0 aromatic heterocycles. The number of unbranched alkanes of at least 4 members (excludes halogenated alkanes) is 5. The van der Waals surface area contributed by atoms with Crippen LogP contribution in [0.1, 0.15) is 73.1 Å². The van der Waals surface area contributed by atoms with Gasteiger partial charge in [0.05, 0.1) is 0 Å². The Kier molecular flexibility index (Phi) is 6.63. The number of fused-ring (bicyclic) bond motifs is 3. The Morgan fingerprint density at radius 2 is 1.35 bits per heavy atom. The molecule has 0 aromatic rings. The quantitative estimate of drug-likeness (QED) is 0.628. The van der Waals surface area contributed by atoms with E-state index in [1.807, 2.05) is 27.7 Å². The fourth-order valence-corrected chi connectivity index (χ4v) is 4.13. The predicted octanol–water partition coefficient (Wildman–Crippen LogP) is 3.33. The summed E-state index contributed by atoms with van der Waals surface area (Å²) in [6.45, 7) is 11.7. The Hall–Kier alpha value is -0.240. The van der Waals surface area contributed by atoms with E-state index in [4.69, 9.17) is 23.7 Å². The molecule has 3 fully saturated rings. The Morgan fingerprint density at radius 3 is 2.12 bits per heavy atom. The van der Waals surface area contributed by atoms with Crippen LogP contribution < -0.4 is 5.32 Å². The van der Waals surface area contributed by atoms with Crippen LogP contribution in [-0.4, -0.2) is 55.4 Å². The molecule has 152 valence electrons. The molecule has 3 heterocycles. The molecule has 0 amide bonds. The minimum absolute atomic E-state index is 0.0967. The maximum Gasteiger partial charge on any atom is 0.190 e. The van der Waals surface area contributed by atoms with Gasteiger partial charge in [-0.3, -0.25) is 0 Å². The van der Waals surface area contributed by atoms with E-state index in [9.17, 15) is 0 Å². The van der Waals surface area contributed by atoms with Gasteiger partial charge in [-0.1, -0.05) is 39.0 Å². The van der Waals surface area contributed by atoms with E-state index in [2.05, 4.69) is 12.2 Å². The minimum Gasteiger partial charge on any atom is -0.342 e. The standard InChI is InChI=1S/C20H37NO5/c1-6-7-8-9-10-11-12-21-13-14-15-16(24-19(2,3)23-15)17-18(22-14)26-20(4,5)25-17/h14-18,21H,6-13H2,1-5H3/t14-,15+,16+,17-,18-/m1/s1. The molecule has 0 bridgehead atoms. The molecule has 0 radical (unpaired) electrons. The fourth-order valence-electron chi connectivity index (χ4n) is 4.13. The van der Waals surface area contributed by atoms with Crippen molar-refractivity contribution in [3.05, 3.63) is 0 Å². The van der Waals surface area contributed by atoms with Gasteiger partial charge in [-0.15, -0.1) is 0 Å².